The van der Waals surface area contributed by atoms with E-state index in [-0.39, 0.29) is 0 Å². The molecule has 0 spiro atoms. The number of sulfone groups is 1. The number of carbonyl (C=O) groups excluding carboxylic acids is 1. The van der Waals surface area contributed by atoms with E-state index in [4.69, 9.17) is 5.73 Å². The summed E-state index contributed by atoms with van der Waals surface area (Å²) in [5.41, 5.74) is 6.80. The molecule has 104 valence electrons. The average Bonchev–Trinajstić information content (AvgIpc) is 2.35. The lowest BCUT2D eigenvalue weighted by molar-refractivity contribution is -0.134. The summed E-state index contributed by atoms with van der Waals surface area (Å²) < 4.78 is 26.0. The first-order valence-electron chi connectivity index (χ1n) is 5.22. The van der Waals surface area contributed by atoms with Crippen LogP contribution in [-0.2, 0) is 23.1 Å². The van der Waals surface area contributed by atoms with Gasteiger partial charge in [0.1, 0.15) is 0 Å². The zero-order valence-corrected chi connectivity index (χ0v) is 12.9. The molecule has 0 radical (unpaired) electrons. The molecule has 0 bridgehead atoms. The van der Waals surface area contributed by atoms with Gasteiger partial charge in [0.25, 0.3) is 0 Å². The lowest BCUT2D eigenvalue weighted by Crippen LogP contribution is -2.37. The molecule has 0 aliphatic rings. The Hall–Kier alpha value is -1.18. The predicted molar refractivity (Wildman–Crippen MR) is 77.1 cm³/mol. The second kappa shape index (κ2) is 5.85. The van der Waals surface area contributed by atoms with Crippen LogP contribution in [0, 0.1) is 0 Å². The van der Waals surface area contributed by atoms with Crippen LogP contribution in [0.1, 0.15) is 11.1 Å². The summed E-state index contributed by atoms with van der Waals surface area (Å²) in [5.74, 6) is -0.494. The highest BCUT2D eigenvalue weighted by molar-refractivity contribution is 9.11. The molecule has 1 rings (SSSR count). The van der Waals surface area contributed by atoms with Crippen LogP contribution in [0.25, 0.3) is 6.08 Å². The molecule has 0 aliphatic heterocycles. The number of esters is 1. The van der Waals surface area contributed by atoms with Crippen LogP contribution in [0.2, 0.25) is 0 Å². The van der Waals surface area contributed by atoms with E-state index in [1.807, 2.05) is 0 Å². The topological polar surface area (TPSA) is 86.5 Å². The SMILES string of the molecule is COC(=O)/C=C/c1cccc(C(N)(Br)S(C)(=O)=O)c1. The first-order chi connectivity index (χ1) is 8.68. The maximum atomic E-state index is 11.6. The Morgan fingerprint density at radius 1 is 1.47 bits per heavy atom. The van der Waals surface area contributed by atoms with E-state index in [1.165, 1.54) is 19.3 Å². The molecule has 0 saturated carbocycles. The van der Waals surface area contributed by atoms with Crippen LogP contribution in [0.15, 0.2) is 30.3 Å². The smallest absolute Gasteiger partial charge is 0.330 e. The van der Waals surface area contributed by atoms with Crippen molar-refractivity contribution in [3.05, 3.63) is 41.5 Å². The van der Waals surface area contributed by atoms with E-state index >= 15 is 0 Å². The monoisotopic (exact) mass is 347 g/mol. The molecule has 5 nitrogen and oxygen atoms in total. The number of nitrogens with two attached hydrogens (primary N) is 1. The molecule has 2 N–H and O–H groups in total. The van der Waals surface area contributed by atoms with Crippen molar-refractivity contribution in [3.8, 4) is 0 Å². The molecule has 7 heteroatoms. The largest absolute Gasteiger partial charge is 0.466 e. The number of hydrogen-bond donors (Lipinski definition) is 1. The first-order valence-corrected chi connectivity index (χ1v) is 7.91. The quantitative estimate of drug-likeness (QED) is 0.385. The van der Waals surface area contributed by atoms with Gasteiger partial charge in [-0.15, -0.1) is 0 Å². The number of rotatable bonds is 4. The summed E-state index contributed by atoms with van der Waals surface area (Å²) in [5, 5.41) is 0. The van der Waals surface area contributed by atoms with Gasteiger partial charge in [0, 0.05) is 12.3 Å². The van der Waals surface area contributed by atoms with Crippen LogP contribution < -0.4 is 5.73 Å². The van der Waals surface area contributed by atoms with Crippen LogP contribution in [0.3, 0.4) is 0 Å². The van der Waals surface area contributed by atoms with Gasteiger partial charge in [0.2, 0.25) is 0 Å². The van der Waals surface area contributed by atoms with Crippen molar-refractivity contribution in [2.75, 3.05) is 13.4 Å². The highest BCUT2D eigenvalue weighted by atomic mass is 79.9. The maximum Gasteiger partial charge on any atom is 0.330 e. The van der Waals surface area contributed by atoms with Crippen molar-refractivity contribution in [1.29, 1.82) is 0 Å². The normalized spacial score (nSPS) is 15.2. The third-order valence-electron chi connectivity index (χ3n) is 2.43. The average molecular weight is 348 g/mol. The van der Waals surface area contributed by atoms with Gasteiger partial charge in [-0.2, -0.15) is 0 Å². The van der Waals surface area contributed by atoms with E-state index in [9.17, 15) is 13.2 Å². The van der Waals surface area contributed by atoms with Crippen LogP contribution in [-0.4, -0.2) is 27.8 Å². The Labute approximate surface area is 120 Å². The van der Waals surface area contributed by atoms with Crippen molar-refractivity contribution in [2.45, 2.75) is 3.78 Å². The number of carbonyl (C=O) groups is 1. The molecule has 1 aromatic rings. The molecule has 0 heterocycles. The lowest BCUT2D eigenvalue weighted by Gasteiger charge is -2.21. The molecule has 19 heavy (non-hydrogen) atoms. The minimum Gasteiger partial charge on any atom is -0.466 e. The third-order valence-corrected chi connectivity index (χ3v) is 5.97. The Morgan fingerprint density at radius 3 is 2.63 bits per heavy atom. The van der Waals surface area contributed by atoms with E-state index in [2.05, 4.69) is 20.7 Å². The van der Waals surface area contributed by atoms with Crippen LogP contribution in [0.5, 0.6) is 0 Å². The molecule has 0 amide bonds. The minimum atomic E-state index is -3.53. The van der Waals surface area contributed by atoms with E-state index in [0.717, 1.165) is 6.26 Å². The fourth-order valence-corrected chi connectivity index (χ4v) is 2.10. The summed E-state index contributed by atoms with van der Waals surface area (Å²) in [6.07, 6.45) is 3.80. The molecule has 0 saturated heterocycles. The van der Waals surface area contributed by atoms with Crippen LogP contribution >= 0.6 is 15.9 Å². The zero-order chi connectivity index (χ0) is 14.7. The minimum absolute atomic E-state index is 0.377. The lowest BCUT2D eigenvalue weighted by atomic mass is 10.1. The van der Waals surface area contributed by atoms with Crippen molar-refractivity contribution >= 4 is 37.8 Å². The van der Waals surface area contributed by atoms with Crippen molar-refractivity contribution in [3.63, 3.8) is 0 Å². The fraction of sp³-hybridized carbons (Fsp3) is 0.250. The van der Waals surface area contributed by atoms with Gasteiger partial charge in [-0.3, -0.25) is 5.73 Å². The molecule has 0 fully saturated rings. The van der Waals surface area contributed by atoms with Crippen molar-refractivity contribution < 1.29 is 17.9 Å². The zero-order valence-electron chi connectivity index (χ0n) is 10.5. The van der Waals surface area contributed by atoms with E-state index in [1.54, 1.807) is 24.3 Å². The first kappa shape index (κ1) is 15.9. The van der Waals surface area contributed by atoms with Gasteiger partial charge >= 0.3 is 5.97 Å². The molecule has 0 aliphatic carbocycles. The van der Waals surface area contributed by atoms with Crippen molar-refractivity contribution in [1.82, 2.24) is 0 Å². The predicted octanol–water partition coefficient (Wildman–Crippen LogP) is 1.38. The van der Waals surface area contributed by atoms with E-state index < -0.39 is 19.6 Å². The Bertz CT molecular complexity index is 608. The number of alkyl halides is 1. The molecule has 0 aromatic heterocycles. The van der Waals surface area contributed by atoms with E-state index in [0.29, 0.717) is 11.1 Å². The Morgan fingerprint density at radius 2 is 2.11 bits per heavy atom. The number of methoxy groups -OCH3 is 1. The standard InChI is InChI=1S/C12H14BrNO4S/c1-18-11(15)7-6-9-4-3-5-10(8-9)12(13,14)19(2,16)17/h3-8H,14H2,1-2H3/b7-6+. The number of hydrogen-bond acceptors (Lipinski definition) is 5. The summed E-state index contributed by atoms with van der Waals surface area (Å²) in [6.45, 7) is 0. The van der Waals surface area contributed by atoms with Crippen molar-refractivity contribution in [2.24, 2.45) is 5.73 Å². The number of ether oxygens (including phenoxy) is 1. The fourth-order valence-electron chi connectivity index (χ4n) is 1.30. The van der Waals surface area contributed by atoms with Gasteiger partial charge in [-0.25, -0.2) is 13.2 Å². The Kier molecular flexibility index (Phi) is 4.89. The van der Waals surface area contributed by atoms with Crippen LogP contribution in [0.4, 0.5) is 0 Å². The van der Waals surface area contributed by atoms with Gasteiger partial charge < -0.3 is 4.74 Å². The summed E-state index contributed by atoms with van der Waals surface area (Å²) in [4.78, 5) is 11.0. The number of halogens is 1. The highest BCUT2D eigenvalue weighted by Gasteiger charge is 2.35. The maximum absolute atomic E-state index is 11.6. The second-order valence-corrected chi connectivity index (χ2v) is 7.86. The molecule has 1 aromatic carbocycles. The summed E-state index contributed by atoms with van der Waals surface area (Å²) in [6, 6.07) is 6.54. The van der Waals surface area contributed by atoms with Gasteiger partial charge in [-0.05, 0) is 39.2 Å². The highest BCUT2D eigenvalue weighted by Crippen LogP contribution is 2.31. The van der Waals surface area contributed by atoms with Gasteiger partial charge in [0.15, 0.2) is 13.6 Å². The third kappa shape index (κ3) is 3.89. The molecule has 1 atom stereocenters. The molecular formula is C12H14BrNO4S. The van der Waals surface area contributed by atoms with Gasteiger partial charge in [0.05, 0.1) is 7.11 Å². The summed E-state index contributed by atoms with van der Waals surface area (Å²) in [7, 11) is -2.26. The van der Waals surface area contributed by atoms with Gasteiger partial charge in [-0.1, -0.05) is 18.2 Å². The second-order valence-electron chi connectivity index (χ2n) is 3.90. The number of benzene rings is 1. The molecule has 1 unspecified atom stereocenters. The molecular weight excluding hydrogens is 334 g/mol. The summed E-state index contributed by atoms with van der Waals surface area (Å²) >= 11 is 3.01. The Balaban J connectivity index is 3.15.